The molecule has 1 N–H and O–H groups in total. The quantitative estimate of drug-likeness (QED) is 0.448. The first-order chi connectivity index (χ1) is 16.9. The van der Waals surface area contributed by atoms with Gasteiger partial charge in [0.25, 0.3) is 0 Å². The van der Waals surface area contributed by atoms with Crippen LogP contribution in [-0.4, -0.2) is 38.0 Å². The highest BCUT2D eigenvalue weighted by molar-refractivity contribution is 7.08. The van der Waals surface area contributed by atoms with Crippen LogP contribution in [0.3, 0.4) is 0 Å². The number of carbonyl (C=O) groups is 3. The molecule has 35 heavy (non-hydrogen) atoms. The summed E-state index contributed by atoms with van der Waals surface area (Å²) in [5, 5.41) is 7.14. The van der Waals surface area contributed by atoms with Gasteiger partial charge in [0.2, 0.25) is 0 Å². The summed E-state index contributed by atoms with van der Waals surface area (Å²) >= 11 is 1.48. The van der Waals surface area contributed by atoms with Gasteiger partial charge in [-0.2, -0.15) is 11.3 Å². The van der Waals surface area contributed by atoms with E-state index in [2.05, 4.69) is 5.32 Å². The highest BCUT2D eigenvalue weighted by Crippen LogP contribution is 2.49. The summed E-state index contributed by atoms with van der Waals surface area (Å²) in [5.74, 6) is -2.97. The van der Waals surface area contributed by atoms with Gasteiger partial charge in [-0.15, -0.1) is 0 Å². The fourth-order valence-corrected chi connectivity index (χ4v) is 5.74. The lowest BCUT2D eigenvalue weighted by Gasteiger charge is -2.39. The van der Waals surface area contributed by atoms with E-state index in [1.807, 2.05) is 48.0 Å². The molecule has 0 radical (unpaired) electrons. The van der Waals surface area contributed by atoms with Gasteiger partial charge in [0, 0.05) is 28.8 Å². The Kier molecular flexibility index (Phi) is 7.40. The molecule has 2 heterocycles. The van der Waals surface area contributed by atoms with Gasteiger partial charge in [-0.25, -0.2) is 4.79 Å². The van der Waals surface area contributed by atoms with Crippen molar-refractivity contribution in [1.29, 1.82) is 0 Å². The van der Waals surface area contributed by atoms with Crippen molar-refractivity contribution in [3.8, 4) is 5.75 Å². The van der Waals surface area contributed by atoms with Gasteiger partial charge >= 0.3 is 11.9 Å². The van der Waals surface area contributed by atoms with Crippen LogP contribution < -0.4 is 10.1 Å². The second-order valence-electron chi connectivity index (χ2n) is 8.41. The van der Waals surface area contributed by atoms with Crippen LogP contribution in [0.1, 0.15) is 50.2 Å². The number of esters is 2. The van der Waals surface area contributed by atoms with E-state index in [0.717, 1.165) is 11.1 Å². The molecule has 3 atom stereocenters. The van der Waals surface area contributed by atoms with Crippen molar-refractivity contribution in [2.45, 2.75) is 39.0 Å². The van der Waals surface area contributed by atoms with Crippen molar-refractivity contribution in [2.24, 2.45) is 5.92 Å². The number of benzene rings is 1. The van der Waals surface area contributed by atoms with E-state index in [4.69, 9.17) is 14.2 Å². The topological polar surface area (TPSA) is 90.9 Å². The van der Waals surface area contributed by atoms with Gasteiger partial charge in [-0.05, 0) is 61.2 Å². The van der Waals surface area contributed by atoms with Crippen molar-refractivity contribution >= 4 is 29.1 Å². The molecule has 0 unspecified atom stereocenters. The summed E-state index contributed by atoms with van der Waals surface area (Å²) in [5.41, 5.74) is 3.72. The number of dihydropyridines is 1. The molecule has 0 bridgehead atoms. The third-order valence-corrected chi connectivity index (χ3v) is 7.17. The van der Waals surface area contributed by atoms with Crippen LogP contribution >= 0.6 is 11.3 Å². The molecular formula is C27H29NO6S. The van der Waals surface area contributed by atoms with E-state index in [0.29, 0.717) is 34.7 Å². The number of Topliss-reactive ketones (excluding diaryl/α,β-unsaturated/α-hetero) is 1. The second kappa shape index (κ2) is 10.5. The number of hydrogen-bond donors (Lipinski definition) is 1. The van der Waals surface area contributed by atoms with E-state index >= 15 is 0 Å². The number of carbonyl (C=O) groups excluding carboxylic acids is 3. The predicted molar refractivity (Wildman–Crippen MR) is 132 cm³/mol. The second-order valence-corrected chi connectivity index (χ2v) is 9.19. The molecule has 1 aliphatic carbocycles. The lowest BCUT2D eigenvalue weighted by molar-refractivity contribution is -0.152. The highest BCUT2D eigenvalue weighted by atomic mass is 32.1. The van der Waals surface area contributed by atoms with E-state index in [9.17, 15) is 14.4 Å². The average Bonchev–Trinajstić information content (AvgIpc) is 3.38. The lowest BCUT2D eigenvalue weighted by atomic mass is 9.67. The summed E-state index contributed by atoms with van der Waals surface area (Å²) in [6.07, 6.45) is 0.388. The summed E-state index contributed by atoms with van der Waals surface area (Å²) in [6.45, 7) is 5.65. The zero-order chi connectivity index (χ0) is 25.1. The summed E-state index contributed by atoms with van der Waals surface area (Å²) in [7, 11) is 1.57. The van der Waals surface area contributed by atoms with Crippen LogP contribution in [0, 0.1) is 5.92 Å². The Morgan fingerprint density at radius 2 is 1.86 bits per heavy atom. The minimum atomic E-state index is -1.06. The number of hydrogen-bond acceptors (Lipinski definition) is 8. The number of ketones is 1. The minimum absolute atomic E-state index is 0.159. The van der Waals surface area contributed by atoms with Gasteiger partial charge in [0.1, 0.15) is 11.7 Å². The zero-order valence-electron chi connectivity index (χ0n) is 20.3. The van der Waals surface area contributed by atoms with Crippen LogP contribution in [0.15, 0.2) is 63.6 Å². The molecular weight excluding hydrogens is 466 g/mol. The molecule has 0 saturated carbocycles. The summed E-state index contributed by atoms with van der Waals surface area (Å²) in [6, 6.07) is 9.30. The van der Waals surface area contributed by atoms with Gasteiger partial charge in [0.15, 0.2) is 5.78 Å². The number of nitrogens with one attached hydrogen (secondary N) is 1. The fourth-order valence-electron chi connectivity index (χ4n) is 5.05. The first kappa shape index (κ1) is 24.7. The van der Waals surface area contributed by atoms with Crippen molar-refractivity contribution in [3.05, 3.63) is 74.8 Å². The largest absolute Gasteiger partial charge is 0.496 e. The lowest BCUT2D eigenvalue weighted by Crippen LogP contribution is -2.43. The number of methoxy groups -OCH3 is 1. The first-order valence-electron chi connectivity index (χ1n) is 11.7. The molecule has 0 spiro atoms. The SMILES string of the molecule is CCOC(=O)C1=C(C)NC2=C(C(=O)[C@@H](C(=O)OCC)[C@@H](c3ccccc3OC)C2)[C@@H]1c1ccsc1. The predicted octanol–water partition coefficient (Wildman–Crippen LogP) is 4.47. The molecule has 1 aliphatic heterocycles. The Bertz CT molecular complexity index is 1200. The molecule has 8 heteroatoms. The van der Waals surface area contributed by atoms with Gasteiger partial charge in [-0.1, -0.05) is 18.2 Å². The van der Waals surface area contributed by atoms with Crippen molar-refractivity contribution in [3.63, 3.8) is 0 Å². The van der Waals surface area contributed by atoms with Crippen LogP contribution in [-0.2, 0) is 23.9 Å². The molecule has 1 aromatic carbocycles. The maximum absolute atomic E-state index is 14.2. The number of thiophene rings is 1. The van der Waals surface area contributed by atoms with Crippen molar-refractivity contribution in [2.75, 3.05) is 20.3 Å². The van der Waals surface area contributed by atoms with Gasteiger partial charge in [0.05, 0.1) is 25.9 Å². The first-order valence-corrected chi connectivity index (χ1v) is 12.6. The van der Waals surface area contributed by atoms with Crippen LogP contribution in [0.4, 0.5) is 0 Å². The zero-order valence-corrected chi connectivity index (χ0v) is 21.1. The molecule has 7 nitrogen and oxygen atoms in total. The maximum atomic E-state index is 14.2. The average molecular weight is 496 g/mol. The molecule has 4 rings (SSSR count). The summed E-state index contributed by atoms with van der Waals surface area (Å²) < 4.78 is 16.3. The number of para-hydroxylation sites is 1. The van der Waals surface area contributed by atoms with Crippen LogP contribution in [0.25, 0.3) is 0 Å². The number of rotatable bonds is 7. The van der Waals surface area contributed by atoms with Crippen LogP contribution in [0.5, 0.6) is 5.75 Å². The number of ether oxygens (including phenoxy) is 3. The normalized spacial score (nSPS) is 21.8. The fraction of sp³-hybridized carbons (Fsp3) is 0.370. The monoisotopic (exact) mass is 495 g/mol. The molecule has 184 valence electrons. The Balaban J connectivity index is 1.89. The number of allylic oxidation sites excluding steroid dienone is 3. The van der Waals surface area contributed by atoms with E-state index in [1.54, 1.807) is 21.0 Å². The summed E-state index contributed by atoms with van der Waals surface area (Å²) in [4.78, 5) is 40.4. The van der Waals surface area contributed by atoms with Gasteiger partial charge < -0.3 is 19.5 Å². The third-order valence-electron chi connectivity index (χ3n) is 6.47. The molecule has 0 amide bonds. The van der Waals surface area contributed by atoms with Crippen LogP contribution in [0.2, 0.25) is 0 Å². The van der Waals surface area contributed by atoms with Crippen molar-refractivity contribution < 1.29 is 28.6 Å². The van der Waals surface area contributed by atoms with Crippen molar-refractivity contribution in [1.82, 2.24) is 5.32 Å². The molecule has 0 saturated heterocycles. The Morgan fingerprint density at radius 3 is 2.51 bits per heavy atom. The van der Waals surface area contributed by atoms with E-state index in [-0.39, 0.29) is 19.0 Å². The Morgan fingerprint density at radius 1 is 1.11 bits per heavy atom. The molecule has 2 aliphatic rings. The highest BCUT2D eigenvalue weighted by Gasteiger charge is 2.49. The maximum Gasteiger partial charge on any atom is 0.336 e. The molecule has 0 fully saturated rings. The van der Waals surface area contributed by atoms with E-state index in [1.165, 1.54) is 11.3 Å². The third kappa shape index (κ3) is 4.50. The molecule has 1 aromatic heterocycles. The minimum Gasteiger partial charge on any atom is -0.496 e. The Labute approximate surface area is 208 Å². The molecule has 2 aromatic rings. The van der Waals surface area contributed by atoms with E-state index < -0.39 is 29.7 Å². The smallest absolute Gasteiger partial charge is 0.336 e. The van der Waals surface area contributed by atoms with Gasteiger partial charge in [-0.3, -0.25) is 9.59 Å². The standard InChI is InChI=1S/C27H29NO6S/c1-5-33-26(30)21-15(3)28-19-13-18(17-9-7-8-10-20(17)32-4)23(27(31)34-6-2)25(29)24(19)22(21)16-11-12-35-14-16/h7-12,14,18,22-23,28H,5-6,13H2,1-4H3/t18-,22-,23+/m1/s1. The Hall–Kier alpha value is -3.39.